The van der Waals surface area contributed by atoms with E-state index in [9.17, 15) is 9.59 Å². The number of nitrogens with one attached hydrogen (secondary N) is 1. The van der Waals surface area contributed by atoms with Crippen molar-refractivity contribution in [3.63, 3.8) is 0 Å². The molecule has 3 aromatic carbocycles. The molecule has 0 bridgehead atoms. The molecule has 0 saturated carbocycles. The minimum absolute atomic E-state index is 0.156. The molecule has 0 spiro atoms. The monoisotopic (exact) mass is 405 g/mol. The molecule has 4 rings (SSSR count). The number of fused-ring (bicyclic) bond motifs is 2. The minimum Gasteiger partial charge on any atom is -0.493 e. The predicted octanol–water partition coefficient (Wildman–Crippen LogP) is 5.26. The molecule has 29 heavy (non-hydrogen) atoms. The van der Waals surface area contributed by atoms with Crippen LogP contribution in [0.15, 0.2) is 76.0 Å². The largest absolute Gasteiger partial charge is 0.493 e. The summed E-state index contributed by atoms with van der Waals surface area (Å²) in [6, 6.07) is 17.3. The maximum Gasteiger partial charge on any atom is 0.248 e. The van der Waals surface area contributed by atoms with Gasteiger partial charge in [-0.1, -0.05) is 35.9 Å². The van der Waals surface area contributed by atoms with Crippen LogP contribution in [-0.2, 0) is 4.79 Å². The number of carbonyl (C=O) groups excluding carboxylic acids is 1. The van der Waals surface area contributed by atoms with Gasteiger partial charge in [0.05, 0.1) is 17.9 Å². The number of hydrogen-bond donors (Lipinski definition) is 1. The predicted molar refractivity (Wildman–Crippen MR) is 116 cm³/mol. The van der Waals surface area contributed by atoms with E-state index in [-0.39, 0.29) is 11.3 Å². The second-order valence-corrected chi connectivity index (χ2v) is 6.73. The summed E-state index contributed by atoms with van der Waals surface area (Å²) in [7, 11) is 1.51. The van der Waals surface area contributed by atoms with Crippen LogP contribution in [0.5, 0.6) is 5.75 Å². The molecule has 0 unspecified atom stereocenters. The van der Waals surface area contributed by atoms with Gasteiger partial charge in [-0.3, -0.25) is 9.59 Å². The first-order valence-electron chi connectivity index (χ1n) is 8.84. The van der Waals surface area contributed by atoms with E-state index < -0.39 is 0 Å². The second-order valence-electron chi connectivity index (χ2n) is 6.32. The summed E-state index contributed by atoms with van der Waals surface area (Å²) in [5, 5.41) is 4.19. The van der Waals surface area contributed by atoms with Crippen LogP contribution >= 0.6 is 11.6 Å². The number of halogens is 1. The summed E-state index contributed by atoms with van der Waals surface area (Å²) in [5.41, 5.74) is 1.82. The first-order chi connectivity index (χ1) is 14.1. The molecular weight excluding hydrogens is 390 g/mol. The number of ether oxygens (including phenoxy) is 1. The molecule has 0 fully saturated rings. The van der Waals surface area contributed by atoms with Crippen molar-refractivity contribution >= 4 is 51.2 Å². The van der Waals surface area contributed by atoms with Crippen LogP contribution in [0.2, 0.25) is 5.02 Å². The Hall–Kier alpha value is -3.57. The highest BCUT2D eigenvalue weighted by Crippen LogP contribution is 2.28. The van der Waals surface area contributed by atoms with Crippen molar-refractivity contribution in [1.29, 1.82) is 0 Å². The standard InChI is InChI=1S/C23H16ClNO4/c1-28-19-8-4-6-17-22(27)16-11-10-15(13-20(16)29-23(17)19)25-21(26)12-9-14-5-2-3-7-18(14)24/h2-13H,1H3,(H,25,26)/b12-9+. The first kappa shape index (κ1) is 18.8. The number of para-hydroxylation sites is 1. The van der Waals surface area contributed by atoms with Crippen molar-refractivity contribution in [3.8, 4) is 5.75 Å². The van der Waals surface area contributed by atoms with Gasteiger partial charge < -0.3 is 14.5 Å². The molecule has 5 nitrogen and oxygen atoms in total. The Labute approximate surface area is 171 Å². The van der Waals surface area contributed by atoms with E-state index in [0.717, 1.165) is 5.56 Å². The topological polar surface area (TPSA) is 68.5 Å². The van der Waals surface area contributed by atoms with E-state index in [1.807, 2.05) is 18.2 Å². The van der Waals surface area contributed by atoms with Gasteiger partial charge >= 0.3 is 0 Å². The van der Waals surface area contributed by atoms with E-state index in [0.29, 0.717) is 38.4 Å². The number of benzene rings is 3. The van der Waals surface area contributed by atoms with E-state index in [1.165, 1.54) is 13.2 Å². The molecule has 4 aromatic rings. The summed E-state index contributed by atoms with van der Waals surface area (Å²) in [6.07, 6.45) is 3.03. The zero-order chi connectivity index (χ0) is 20.4. The van der Waals surface area contributed by atoms with Gasteiger partial charge in [-0.2, -0.15) is 0 Å². The Bertz CT molecular complexity index is 1320. The van der Waals surface area contributed by atoms with Crippen LogP contribution in [0.3, 0.4) is 0 Å². The fourth-order valence-corrected chi connectivity index (χ4v) is 3.25. The molecule has 0 aliphatic heterocycles. The molecule has 6 heteroatoms. The van der Waals surface area contributed by atoms with Crippen molar-refractivity contribution in [2.24, 2.45) is 0 Å². The van der Waals surface area contributed by atoms with Gasteiger partial charge in [-0.15, -0.1) is 0 Å². The van der Waals surface area contributed by atoms with Crippen molar-refractivity contribution in [3.05, 3.63) is 87.5 Å². The van der Waals surface area contributed by atoms with Gasteiger partial charge in [-0.05, 0) is 42.0 Å². The van der Waals surface area contributed by atoms with Gasteiger partial charge in [0.15, 0.2) is 11.3 Å². The smallest absolute Gasteiger partial charge is 0.248 e. The molecule has 0 radical (unpaired) electrons. The van der Waals surface area contributed by atoms with Crippen molar-refractivity contribution in [1.82, 2.24) is 0 Å². The quantitative estimate of drug-likeness (QED) is 0.371. The van der Waals surface area contributed by atoms with Gasteiger partial charge in [0.2, 0.25) is 11.3 Å². The zero-order valence-electron chi connectivity index (χ0n) is 15.4. The lowest BCUT2D eigenvalue weighted by atomic mass is 10.1. The second kappa shape index (κ2) is 7.81. The lowest BCUT2D eigenvalue weighted by molar-refractivity contribution is -0.111. The average Bonchev–Trinajstić information content (AvgIpc) is 2.73. The number of carbonyl (C=O) groups is 1. The minimum atomic E-state index is -0.329. The molecule has 0 saturated heterocycles. The Morgan fingerprint density at radius 3 is 2.69 bits per heavy atom. The molecule has 0 aliphatic carbocycles. The Morgan fingerprint density at radius 1 is 1.07 bits per heavy atom. The van der Waals surface area contributed by atoms with Crippen molar-refractivity contribution in [2.75, 3.05) is 12.4 Å². The highest BCUT2D eigenvalue weighted by atomic mass is 35.5. The summed E-state index contributed by atoms with van der Waals surface area (Å²) < 4.78 is 11.2. The number of methoxy groups -OCH3 is 1. The van der Waals surface area contributed by atoms with Gasteiger partial charge in [0.1, 0.15) is 5.58 Å². The Kier molecular flexibility index (Phi) is 5.06. The van der Waals surface area contributed by atoms with Crippen molar-refractivity contribution < 1.29 is 13.9 Å². The highest BCUT2D eigenvalue weighted by Gasteiger charge is 2.12. The SMILES string of the molecule is COc1cccc2c(=O)c3ccc(NC(=O)/C=C/c4ccccc4Cl)cc3oc12. The maximum absolute atomic E-state index is 12.8. The average molecular weight is 406 g/mol. The van der Waals surface area contributed by atoms with E-state index in [1.54, 1.807) is 48.5 Å². The fraction of sp³-hybridized carbons (Fsp3) is 0.0435. The molecular formula is C23H16ClNO4. The van der Waals surface area contributed by atoms with E-state index in [2.05, 4.69) is 5.32 Å². The Morgan fingerprint density at radius 2 is 1.90 bits per heavy atom. The molecule has 1 amide bonds. The Balaban J connectivity index is 1.66. The molecule has 1 heterocycles. The third kappa shape index (κ3) is 3.73. The van der Waals surface area contributed by atoms with Crippen LogP contribution in [-0.4, -0.2) is 13.0 Å². The normalized spacial score (nSPS) is 11.2. The van der Waals surface area contributed by atoms with Gasteiger partial charge in [0, 0.05) is 22.9 Å². The summed E-state index contributed by atoms with van der Waals surface area (Å²) in [5.74, 6) is 0.142. The third-order valence-corrected chi connectivity index (χ3v) is 4.81. The van der Waals surface area contributed by atoms with Crippen LogP contribution in [0.1, 0.15) is 5.56 Å². The highest BCUT2D eigenvalue weighted by molar-refractivity contribution is 6.32. The number of hydrogen-bond acceptors (Lipinski definition) is 4. The van der Waals surface area contributed by atoms with Gasteiger partial charge in [-0.25, -0.2) is 0 Å². The summed E-state index contributed by atoms with van der Waals surface area (Å²) in [4.78, 5) is 25.0. The van der Waals surface area contributed by atoms with Crippen LogP contribution < -0.4 is 15.5 Å². The molecule has 144 valence electrons. The summed E-state index contributed by atoms with van der Waals surface area (Å²) in [6.45, 7) is 0. The van der Waals surface area contributed by atoms with E-state index in [4.69, 9.17) is 20.8 Å². The molecule has 0 atom stereocenters. The fourth-order valence-electron chi connectivity index (χ4n) is 3.05. The zero-order valence-corrected chi connectivity index (χ0v) is 16.2. The number of amides is 1. The molecule has 1 N–H and O–H groups in total. The lowest BCUT2D eigenvalue weighted by Crippen LogP contribution is -2.08. The summed E-state index contributed by atoms with van der Waals surface area (Å²) >= 11 is 6.09. The van der Waals surface area contributed by atoms with Gasteiger partial charge in [0.25, 0.3) is 0 Å². The first-order valence-corrected chi connectivity index (χ1v) is 9.22. The lowest BCUT2D eigenvalue weighted by Gasteiger charge is -2.07. The number of rotatable bonds is 4. The van der Waals surface area contributed by atoms with Crippen molar-refractivity contribution in [2.45, 2.75) is 0 Å². The van der Waals surface area contributed by atoms with Crippen LogP contribution in [0.25, 0.3) is 28.0 Å². The third-order valence-electron chi connectivity index (χ3n) is 4.47. The molecule has 1 aromatic heterocycles. The molecule has 0 aliphatic rings. The van der Waals surface area contributed by atoms with Crippen LogP contribution in [0, 0.1) is 0 Å². The number of anilines is 1. The van der Waals surface area contributed by atoms with Crippen LogP contribution in [0.4, 0.5) is 5.69 Å². The maximum atomic E-state index is 12.8. The van der Waals surface area contributed by atoms with E-state index >= 15 is 0 Å².